The molecule has 0 aliphatic carbocycles. The van der Waals surface area contributed by atoms with Crippen molar-refractivity contribution < 1.29 is 8.42 Å². The van der Waals surface area contributed by atoms with Crippen LogP contribution in [0.3, 0.4) is 0 Å². The van der Waals surface area contributed by atoms with Gasteiger partial charge in [0.25, 0.3) is 0 Å². The molecule has 1 aromatic rings. The standard InChI is InChI=1S/C11H18N2O2S/c1-3-13(16(14,15)8-7-12)11-6-4-5-10(2)9-11/h4-6,9H,3,7-8,12H2,1-2H3. The number of sulfonamides is 1. The summed E-state index contributed by atoms with van der Waals surface area (Å²) < 4.78 is 25.2. The van der Waals surface area contributed by atoms with E-state index in [9.17, 15) is 8.42 Å². The molecule has 0 atom stereocenters. The second-order valence-corrected chi connectivity index (χ2v) is 5.62. The summed E-state index contributed by atoms with van der Waals surface area (Å²) in [5.74, 6) is -0.0191. The molecule has 4 nitrogen and oxygen atoms in total. The first-order valence-corrected chi connectivity index (χ1v) is 6.89. The summed E-state index contributed by atoms with van der Waals surface area (Å²) in [6.45, 7) is 4.32. The zero-order valence-electron chi connectivity index (χ0n) is 9.68. The minimum atomic E-state index is -3.28. The molecule has 1 rings (SSSR count). The average molecular weight is 242 g/mol. The fourth-order valence-corrected chi connectivity index (χ4v) is 2.93. The van der Waals surface area contributed by atoms with Crippen molar-refractivity contribution in [3.8, 4) is 0 Å². The minimum absolute atomic E-state index is 0.0191. The van der Waals surface area contributed by atoms with Crippen LogP contribution in [0, 0.1) is 6.92 Å². The van der Waals surface area contributed by atoms with Gasteiger partial charge >= 0.3 is 0 Å². The van der Waals surface area contributed by atoms with Crippen LogP contribution in [-0.2, 0) is 10.0 Å². The molecule has 0 heterocycles. The van der Waals surface area contributed by atoms with Gasteiger partial charge in [0.05, 0.1) is 11.4 Å². The molecule has 0 fully saturated rings. The molecule has 90 valence electrons. The van der Waals surface area contributed by atoms with Crippen LogP contribution >= 0.6 is 0 Å². The van der Waals surface area contributed by atoms with Crippen molar-refractivity contribution in [2.75, 3.05) is 23.1 Å². The lowest BCUT2D eigenvalue weighted by atomic mass is 10.2. The van der Waals surface area contributed by atoms with Gasteiger partial charge in [0.2, 0.25) is 10.0 Å². The van der Waals surface area contributed by atoms with Gasteiger partial charge in [0, 0.05) is 13.1 Å². The maximum atomic E-state index is 11.9. The molecule has 1 aromatic carbocycles. The molecule has 2 N–H and O–H groups in total. The summed E-state index contributed by atoms with van der Waals surface area (Å²) in [6, 6.07) is 7.44. The monoisotopic (exact) mass is 242 g/mol. The number of hydrogen-bond acceptors (Lipinski definition) is 3. The van der Waals surface area contributed by atoms with Crippen LogP contribution in [0.5, 0.6) is 0 Å². The Morgan fingerprint density at radius 3 is 2.56 bits per heavy atom. The van der Waals surface area contributed by atoms with Gasteiger partial charge in [-0.05, 0) is 31.5 Å². The fourth-order valence-electron chi connectivity index (χ4n) is 1.58. The summed E-state index contributed by atoms with van der Waals surface area (Å²) in [7, 11) is -3.28. The van der Waals surface area contributed by atoms with Crippen LogP contribution in [0.4, 0.5) is 5.69 Å². The van der Waals surface area contributed by atoms with E-state index in [-0.39, 0.29) is 12.3 Å². The average Bonchev–Trinajstić information content (AvgIpc) is 2.18. The van der Waals surface area contributed by atoms with Crippen molar-refractivity contribution in [2.24, 2.45) is 5.73 Å². The summed E-state index contributed by atoms with van der Waals surface area (Å²) in [4.78, 5) is 0. The lowest BCUT2D eigenvalue weighted by Crippen LogP contribution is -2.35. The van der Waals surface area contributed by atoms with Crippen molar-refractivity contribution >= 4 is 15.7 Å². The van der Waals surface area contributed by atoms with Gasteiger partial charge in [-0.3, -0.25) is 4.31 Å². The molecule has 0 radical (unpaired) electrons. The number of anilines is 1. The Hall–Kier alpha value is -1.07. The molecule has 0 saturated carbocycles. The largest absolute Gasteiger partial charge is 0.329 e. The van der Waals surface area contributed by atoms with E-state index in [0.717, 1.165) is 5.56 Å². The van der Waals surface area contributed by atoms with Crippen molar-refractivity contribution in [3.63, 3.8) is 0 Å². The number of rotatable bonds is 5. The van der Waals surface area contributed by atoms with Crippen LogP contribution in [-0.4, -0.2) is 27.3 Å². The summed E-state index contributed by atoms with van der Waals surface area (Å²) >= 11 is 0. The molecule has 0 aliphatic rings. The minimum Gasteiger partial charge on any atom is -0.329 e. The lowest BCUT2D eigenvalue weighted by molar-refractivity contribution is 0.591. The SMILES string of the molecule is CCN(c1cccc(C)c1)S(=O)(=O)CCN. The van der Waals surface area contributed by atoms with Crippen LogP contribution in [0.15, 0.2) is 24.3 Å². The molecule has 0 saturated heterocycles. The van der Waals surface area contributed by atoms with Crippen molar-refractivity contribution in [2.45, 2.75) is 13.8 Å². The zero-order chi connectivity index (χ0) is 12.2. The van der Waals surface area contributed by atoms with Crippen molar-refractivity contribution in [1.82, 2.24) is 0 Å². The lowest BCUT2D eigenvalue weighted by Gasteiger charge is -2.22. The van der Waals surface area contributed by atoms with Gasteiger partial charge < -0.3 is 5.73 Å². The number of benzene rings is 1. The Bertz CT molecular complexity index is 443. The van der Waals surface area contributed by atoms with E-state index in [2.05, 4.69) is 0 Å². The highest BCUT2D eigenvalue weighted by molar-refractivity contribution is 7.92. The molecular formula is C11H18N2O2S. The fraction of sp³-hybridized carbons (Fsp3) is 0.455. The van der Waals surface area contributed by atoms with Crippen LogP contribution in [0.25, 0.3) is 0 Å². The highest BCUT2D eigenvalue weighted by Crippen LogP contribution is 2.19. The molecule has 0 bridgehead atoms. The Labute approximate surface area is 97.1 Å². The molecule has 0 amide bonds. The first-order chi connectivity index (χ1) is 7.51. The predicted molar refractivity (Wildman–Crippen MR) is 67.0 cm³/mol. The smallest absolute Gasteiger partial charge is 0.236 e. The maximum absolute atomic E-state index is 11.9. The van der Waals surface area contributed by atoms with E-state index in [0.29, 0.717) is 12.2 Å². The van der Waals surface area contributed by atoms with Crippen molar-refractivity contribution in [3.05, 3.63) is 29.8 Å². The first-order valence-electron chi connectivity index (χ1n) is 5.28. The van der Waals surface area contributed by atoms with Crippen molar-refractivity contribution in [1.29, 1.82) is 0 Å². The van der Waals surface area contributed by atoms with E-state index in [1.165, 1.54) is 4.31 Å². The topological polar surface area (TPSA) is 63.4 Å². The van der Waals surface area contributed by atoms with Gasteiger partial charge in [0.15, 0.2) is 0 Å². The Kier molecular flexibility index (Phi) is 4.32. The third-order valence-corrected chi connectivity index (χ3v) is 4.18. The van der Waals surface area contributed by atoms with Crippen LogP contribution < -0.4 is 10.0 Å². The number of nitrogens with two attached hydrogens (primary N) is 1. The zero-order valence-corrected chi connectivity index (χ0v) is 10.5. The summed E-state index contributed by atoms with van der Waals surface area (Å²) in [5.41, 5.74) is 7.05. The summed E-state index contributed by atoms with van der Waals surface area (Å²) in [5, 5.41) is 0. The molecule has 16 heavy (non-hydrogen) atoms. The van der Waals surface area contributed by atoms with E-state index in [1.54, 1.807) is 6.07 Å². The Balaban J connectivity index is 3.08. The molecule has 0 unspecified atom stereocenters. The first kappa shape index (κ1) is 13.0. The molecule has 5 heteroatoms. The van der Waals surface area contributed by atoms with E-state index in [1.807, 2.05) is 32.0 Å². The van der Waals surface area contributed by atoms with Gasteiger partial charge in [-0.2, -0.15) is 0 Å². The maximum Gasteiger partial charge on any atom is 0.236 e. The molecule has 0 spiro atoms. The van der Waals surface area contributed by atoms with E-state index in [4.69, 9.17) is 5.73 Å². The third-order valence-electron chi connectivity index (χ3n) is 2.29. The third kappa shape index (κ3) is 2.96. The van der Waals surface area contributed by atoms with Crippen LogP contribution in [0.2, 0.25) is 0 Å². The number of nitrogens with zero attached hydrogens (tertiary/aromatic N) is 1. The molecule has 0 aromatic heterocycles. The molecular weight excluding hydrogens is 224 g/mol. The second-order valence-electron chi connectivity index (χ2n) is 3.61. The van der Waals surface area contributed by atoms with Gasteiger partial charge in [-0.25, -0.2) is 8.42 Å². The highest BCUT2D eigenvalue weighted by atomic mass is 32.2. The number of aryl methyl sites for hydroxylation is 1. The van der Waals surface area contributed by atoms with Gasteiger partial charge in [-0.15, -0.1) is 0 Å². The quantitative estimate of drug-likeness (QED) is 0.841. The Morgan fingerprint density at radius 1 is 1.38 bits per heavy atom. The highest BCUT2D eigenvalue weighted by Gasteiger charge is 2.19. The van der Waals surface area contributed by atoms with Gasteiger partial charge in [-0.1, -0.05) is 12.1 Å². The number of hydrogen-bond donors (Lipinski definition) is 1. The molecule has 0 aliphatic heterocycles. The van der Waals surface area contributed by atoms with Crippen LogP contribution in [0.1, 0.15) is 12.5 Å². The van der Waals surface area contributed by atoms with E-state index >= 15 is 0 Å². The predicted octanol–water partition coefficient (Wildman–Crippen LogP) is 1.11. The Morgan fingerprint density at radius 2 is 2.06 bits per heavy atom. The van der Waals surface area contributed by atoms with E-state index < -0.39 is 10.0 Å². The van der Waals surface area contributed by atoms with Gasteiger partial charge in [0.1, 0.15) is 0 Å². The summed E-state index contributed by atoms with van der Waals surface area (Å²) in [6.07, 6.45) is 0. The second kappa shape index (κ2) is 5.32. The normalized spacial score (nSPS) is 11.4.